The number of ketones is 1. The van der Waals surface area contributed by atoms with Crippen LogP contribution in [-0.2, 0) is 4.79 Å². The van der Waals surface area contributed by atoms with Crippen molar-refractivity contribution in [3.8, 4) is 11.5 Å². The molecule has 0 radical (unpaired) electrons. The fourth-order valence-electron chi connectivity index (χ4n) is 2.42. The first kappa shape index (κ1) is 18.3. The van der Waals surface area contributed by atoms with E-state index in [2.05, 4.69) is 0 Å². The summed E-state index contributed by atoms with van der Waals surface area (Å²) in [4.78, 5) is 24.1. The first-order valence-electron chi connectivity index (χ1n) is 7.89. The van der Waals surface area contributed by atoms with Gasteiger partial charge in [0.2, 0.25) is 0 Å². The fourth-order valence-corrected chi connectivity index (χ4v) is 3.44. The number of aliphatic carboxylic acids is 1. The van der Waals surface area contributed by atoms with Crippen molar-refractivity contribution in [2.45, 2.75) is 39.7 Å². The van der Waals surface area contributed by atoms with E-state index < -0.39 is 11.9 Å². The third-order valence-corrected chi connectivity index (χ3v) is 4.85. The lowest BCUT2D eigenvalue weighted by atomic mass is 9.99. The predicted octanol–water partition coefficient (Wildman–Crippen LogP) is 4.38. The van der Waals surface area contributed by atoms with Gasteiger partial charge in [0.25, 0.3) is 0 Å². The molecule has 0 aliphatic carbocycles. The molecule has 0 saturated heterocycles. The van der Waals surface area contributed by atoms with Crippen LogP contribution in [0.25, 0.3) is 10.1 Å². The molecule has 0 aliphatic heterocycles. The van der Waals surface area contributed by atoms with Gasteiger partial charge in [0.05, 0.1) is 24.0 Å². The average molecular weight is 350 g/mol. The second-order valence-electron chi connectivity index (χ2n) is 5.89. The summed E-state index contributed by atoms with van der Waals surface area (Å²) in [6.45, 7) is 5.64. The van der Waals surface area contributed by atoms with E-state index in [9.17, 15) is 9.59 Å². The van der Waals surface area contributed by atoms with Crippen LogP contribution < -0.4 is 9.47 Å². The number of thiophene rings is 1. The number of rotatable bonds is 8. The number of carbonyl (C=O) groups is 2. The van der Waals surface area contributed by atoms with Crippen LogP contribution in [0.4, 0.5) is 0 Å². The molecule has 0 saturated carbocycles. The molecule has 2 aromatic rings. The first-order valence-corrected chi connectivity index (χ1v) is 8.71. The molecule has 130 valence electrons. The number of ether oxygens (including phenoxy) is 2. The van der Waals surface area contributed by atoms with Gasteiger partial charge >= 0.3 is 5.97 Å². The lowest BCUT2D eigenvalue weighted by Crippen LogP contribution is -2.16. The summed E-state index contributed by atoms with van der Waals surface area (Å²) in [7, 11) is 1.58. The topological polar surface area (TPSA) is 72.8 Å². The molecule has 0 unspecified atom stereocenters. The Kier molecular flexibility index (Phi) is 5.83. The quantitative estimate of drug-likeness (QED) is 0.715. The third kappa shape index (κ3) is 4.06. The zero-order valence-corrected chi connectivity index (χ0v) is 15.1. The Morgan fingerprint density at radius 2 is 1.92 bits per heavy atom. The van der Waals surface area contributed by atoms with E-state index in [1.807, 2.05) is 26.0 Å². The van der Waals surface area contributed by atoms with Gasteiger partial charge in [-0.25, -0.2) is 0 Å². The molecular weight excluding hydrogens is 328 g/mol. The van der Waals surface area contributed by atoms with Gasteiger partial charge in [0.15, 0.2) is 17.3 Å². The van der Waals surface area contributed by atoms with E-state index in [-0.39, 0.29) is 18.3 Å². The van der Waals surface area contributed by atoms with E-state index in [4.69, 9.17) is 14.6 Å². The maximum atomic E-state index is 12.4. The summed E-state index contributed by atoms with van der Waals surface area (Å²) in [6.07, 6.45) is 0.467. The minimum absolute atomic E-state index is 0.0111. The molecule has 1 heterocycles. The monoisotopic (exact) mass is 350 g/mol. The van der Waals surface area contributed by atoms with Crippen molar-refractivity contribution in [3.63, 3.8) is 0 Å². The number of Topliss-reactive ketones (excluding diaryl/α,β-unsaturated/α-hetero) is 1. The second kappa shape index (κ2) is 7.66. The predicted molar refractivity (Wildman–Crippen MR) is 94.5 cm³/mol. The Bertz CT molecular complexity index is 747. The zero-order valence-electron chi connectivity index (χ0n) is 14.3. The highest BCUT2D eigenvalue weighted by atomic mass is 32.1. The molecule has 1 aromatic heterocycles. The smallest absolute Gasteiger partial charge is 0.306 e. The van der Waals surface area contributed by atoms with Crippen molar-refractivity contribution in [1.29, 1.82) is 0 Å². The second-order valence-corrected chi connectivity index (χ2v) is 6.97. The summed E-state index contributed by atoms with van der Waals surface area (Å²) in [5, 5.41) is 10.0. The van der Waals surface area contributed by atoms with Crippen LogP contribution in [0.2, 0.25) is 0 Å². The van der Waals surface area contributed by atoms with Crippen LogP contribution in [0.1, 0.15) is 43.3 Å². The largest absolute Gasteiger partial charge is 0.493 e. The Balaban J connectivity index is 2.33. The molecule has 5 nitrogen and oxygen atoms in total. The standard InChI is InChI=1S/C18H22O5S/c1-5-11(18(20)21)6-13(19)17-8-12-7-15(23-10(2)3)14(22-4)9-16(12)24-17/h7-11H,5-6H2,1-4H3,(H,20,21)/t11-/m0/s1. The molecule has 0 spiro atoms. The SMILES string of the molecule is CC[C@@H](CC(=O)c1cc2cc(OC(C)C)c(OC)cc2s1)C(=O)O. The summed E-state index contributed by atoms with van der Waals surface area (Å²) in [6, 6.07) is 5.50. The minimum Gasteiger partial charge on any atom is -0.493 e. The molecule has 0 amide bonds. The molecule has 6 heteroatoms. The first-order chi connectivity index (χ1) is 11.3. The molecule has 1 N–H and O–H groups in total. The number of hydrogen-bond acceptors (Lipinski definition) is 5. The number of carbonyl (C=O) groups excluding carboxylic acids is 1. The van der Waals surface area contributed by atoms with Crippen molar-refractivity contribution >= 4 is 33.2 Å². The van der Waals surface area contributed by atoms with Gasteiger partial charge in [-0.15, -0.1) is 11.3 Å². The molecule has 0 bridgehead atoms. The van der Waals surface area contributed by atoms with Gasteiger partial charge < -0.3 is 14.6 Å². The zero-order chi connectivity index (χ0) is 17.9. The average Bonchev–Trinajstić information content (AvgIpc) is 2.93. The summed E-state index contributed by atoms with van der Waals surface area (Å²) < 4.78 is 12.0. The summed E-state index contributed by atoms with van der Waals surface area (Å²) in [5.74, 6) is -0.461. The van der Waals surface area contributed by atoms with Gasteiger partial charge in [0.1, 0.15) is 0 Å². The summed E-state index contributed by atoms with van der Waals surface area (Å²) >= 11 is 1.35. The van der Waals surface area contributed by atoms with Crippen LogP contribution in [-0.4, -0.2) is 30.1 Å². The number of methoxy groups -OCH3 is 1. The van der Waals surface area contributed by atoms with Gasteiger partial charge in [0, 0.05) is 17.2 Å². The number of benzene rings is 1. The Morgan fingerprint density at radius 1 is 1.21 bits per heavy atom. The minimum atomic E-state index is -0.929. The molecule has 24 heavy (non-hydrogen) atoms. The maximum Gasteiger partial charge on any atom is 0.306 e. The van der Waals surface area contributed by atoms with Crippen LogP contribution >= 0.6 is 11.3 Å². The molecule has 1 atom stereocenters. The maximum absolute atomic E-state index is 12.4. The Morgan fingerprint density at radius 3 is 2.46 bits per heavy atom. The molecule has 0 aliphatic rings. The highest BCUT2D eigenvalue weighted by Gasteiger charge is 2.22. The lowest BCUT2D eigenvalue weighted by Gasteiger charge is -2.13. The number of fused-ring (bicyclic) bond motifs is 1. The van der Waals surface area contributed by atoms with Gasteiger partial charge in [-0.1, -0.05) is 6.92 Å². The van der Waals surface area contributed by atoms with Crippen molar-refractivity contribution < 1.29 is 24.2 Å². The number of carboxylic acids is 1. The number of hydrogen-bond donors (Lipinski definition) is 1. The van der Waals surface area contributed by atoms with Crippen LogP contribution in [0.5, 0.6) is 11.5 Å². The van der Waals surface area contributed by atoms with Crippen LogP contribution in [0, 0.1) is 5.92 Å². The lowest BCUT2D eigenvalue weighted by molar-refractivity contribution is -0.141. The molecular formula is C18H22O5S. The van der Waals surface area contributed by atoms with Gasteiger partial charge in [-0.2, -0.15) is 0 Å². The van der Waals surface area contributed by atoms with Crippen molar-refractivity contribution in [2.24, 2.45) is 5.92 Å². The van der Waals surface area contributed by atoms with Crippen LogP contribution in [0.15, 0.2) is 18.2 Å². The number of carboxylic acid groups (broad SMARTS) is 1. The fraction of sp³-hybridized carbons (Fsp3) is 0.444. The van der Waals surface area contributed by atoms with Gasteiger partial charge in [-0.05, 0) is 37.8 Å². The van der Waals surface area contributed by atoms with Crippen molar-refractivity contribution in [3.05, 3.63) is 23.1 Å². The normalized spacial score (nSPS) is 12.4. The van der Waals surface area contributed by atoms with E-state index >= 15 is 0 Å². The third-order valence-electron chi connectivity index (χ3n) is 3.71. The molecule has 1 aromatic carbocycles. The summed E-state index contributed by atoms with van der Waals surface area (Å²) in [5.41, 5.74) is 0. The van der Waals surface area contributed by atoms with E-state index in [0.717, 1.165) is 10.1 Å². The Hall–Kier alpha value is -2.08. The Labute approximate surface area is 145 Å². The van der Waals surface area contributed by atoms with Crippen molar-refractivity contribution in [2.75, 3.05) is 7.11 Å². The van der Waals surface area contributed by atoms with Gasteiger partial charge in [-0.3, -0.25) is 9.59 Å². The highest BCUT2D eigenvalue weighted by molar-refractivity contribution is 7.20. The van der Waals surface area contributed by atoms with E-state index in [1.165, 1.54) is 11.3 Å². The molecule has 2 rings (SSSR count). The highest BCUT2D eigenvalue weighted by Crippen LogP contribution is 2.37. The van der Waals surface area contributed by atoms with Crippen molar-refractivity contribution in [1.82, 2.24) is 0 Å². The van der Waals surface area contributed by atoms with Crippen LogP contribution in [0.3, 0.4) is 0 Å². The van der Waals surface area contributed by atoms with E-state index in [1.54, 1.807) is 20.1 Å². The van der Waals surface area contributed by atoms with E-state index in [0.29, 0.717) is 22.8 Å². The molecule has 0 fully saturated rings.